The van der Waals surface area contributed by atoms with Gasteiger partial charge in [0.15, 0.2) is 0 Å². The Hall–Kier alpha value is -4.17. The van der Waals surface area contributed by atoms with Gasteiger partial charge in [0.2, 0.25) is 5.91 Å². The predicted octanol–water partition coefficient (Wildman–Crippen LogP) is 4.68. The molecular weight excluding hydrogens is 482 g/mol. The van der Waals surface area contributed by atoms with Crippen LogP contribution >= 0.6 is 0 Å². The molecule has 0 aromatic heterocycles. The lowest BCUT2D eigenvalue weighted by molar-refractivity contribution is -0.134. The Morgan fingerprint density at radius 2 is 1.66 bits per heavy atom. The van der Waals surface area contributed by atoms with Crippen LogP contribution in [0.1, 0.15) is 42.5 Å². The summed E-state index contributed by atoms with van der Waals surface area (Å²) in [7, 11) is 1.60. The molecule has 3 atom stereocenters. The van der Waals surface area contributed by atoms with E-state index in [1.165, 1.54) is 0 Å². The van der Waals surface area contributed by atoms with E-state index in [2.05, 4.69) is 17.6 Å². The van der Waals surface area contributed by atoms with Crippen LogP contribution in [0.25, 0.3) is 0 Å². The number of benzene rings is 3. The SMILES string of the molecule is CCc1ccc(NC(=O)C([C@@H](C)c2ccccc2)N2C(=O)N[C@H](c3ccc(OCCOC)cc3)C2=O)cc1. The van der Waals surface area contributed by atoms with E-state index in [1.54, 1.807) is 31.4 Å². The minimum absolute atomic E-state index is 0.401. The number of hydrogen-bond acceptors (Lipinski definition) is 5. The van der Waals surface area contributed by atoms with Crippen molar-refractivity contribution in [1.82, 2.24) is 10.2 Å². The van der Waals surface area contributed by atoms with E-state index in [0.29, 0.717) is 30.2 Å². The Morgan fingerprint density at radius 1 is 0.974 bits per heavy atom. The third-order valence-corrected chi connectivity index (χ3v) is 6.72. The molecule has 3 aromatic rings. The van der Waals surface area contributed by atoms with E-state index in [-0.39, 0.29) is 0 Å². The number of carbonyl (C=O) groups is 3. The molecule has 1 heterocycles. The molecule has 4 rings (SSSR count). The molecule has 0 bridgehead atoms. The summed E-state index contributed by atoms with van der Waals surface area (Å²) in [5.74, 6) is -0.733. The standard InChI is InChI=1S/C30H33N3O5/c1-4-21-10-14-24(15-11-21)31-28(34)27(20(2)22-8-6-5-7-9-22)33-29(35)26(32-30(33)36)23-12-16-25(17-13-23)38-19-18-37-3/h5-17,20,26-27H,4,18-19H2,1-3H3,(H,31,34)(H,32,36)/t20-,26+,27?/m0/s1. The van der Waals surface area contributed by atoms with Gasteiger partial charge in [-0.15, -0.1) is 0 Å². The van der Waals surface area contributed by atoms with Gasteiger partial charge in [-0.05, 0) is 47.4 Å². The largest absolute Gasteiger partial charge is 0.491 e. The van der Waals surface area contributed by atoms with Crippen LogP contribution in [0.2, 0.25) is 0 Å². The molecule has 0 spiro atoms. The molecule has 1 fully saturated rings. The van der Waals surface area contributed by atoms with Crippen molar-refractivity contribution in [1.29, 1.82) is 0 Å². The second-order valence-corrected chi connectivity index (χ2v) is 9.18. The van der Waals surface area contributed by atoms with Gasteiger partial charge in [-0.1, -0.05) is 68.4 Å². The summed E-state index contributed by atoms with van der Waals surface area (Å²) in [5, 5.41) is 5.67. The Kier molecular flexibility index (Phi) is 8.76. The van der Waals surface area contributed by atoms with Gasteiger partial charge in [0.1, 0.15) is 24.4 Å². The van der Waals surface area contributed by atoms with Crippen LogP contribution < -0.4 is 15.4 Å². The van der Waals surface area contributed by atoms with Crippen molar-refractivity contribution < 1.29 is 23.9 Å². The van der Waals surface area contributed by atoms with Gasteiger partial charge in [-0.25, -0.2) is 9.69 Å². The number of rotatable bonds is 11. The quantitative estimate of drug-likeness (QED) is 0.286. The Balaban J connectivity index is 1.59. The Bertz CT molecular complexity index is 1250. The van der Waals surface area contributed by atoms with Crippen molar-refractivity contribution in [2.75, 3.05) is 25.6 Å². The van der Waals surface area contributed by atoms with Crippen molar-refractivity contribution in [3.8, 4) is 5.75 Å². The predicted molar refractivity (Wildman–Crippen MR) is 145 cm³/mol. The fourth-order valence-corrected chi connectivity index (χ4v) is 4.53. The summed E-state index contributed by atoms with van der Waals surface area (Å²) in [4.78, 5) is 41.6. The third kappa shape index (κ3) is 6.03. The van der Waals surface area contributed by atoms with E-state index in [4.69, 9.17) is 9.47 Å². The molecule has 1 aliphatic heterocycles. The van der Waals surface area contributed by atoms with Crippen LogP contribution in [-0.2, 0) is 20.7 Å². The molecule has 8 heteroatoms. The number of anilines is 1. The molecule has 3 aromatic carbocycles. The maximum atomic E-state index is 13.7. The number of hydrogen-bond donors (Lipinski definition) is 2. The number of imide groups is 1. The highest BCUT2D eigenvalue weighted by molar-refractivity contribution is 6.09. The number of ether oxygens (including phenoxy) is 2. The van der Waals surface area contributed by atoms with Gasteiger partial charge < -0.3 is 20.1 Å². The number of urea groups is 1. The first kappa shape index (κ1) is 26.9. The van der Waals surface area contributed by atoms with E-state index in [0.717, 1.165) is 22.4 Å². The number of nitrogens with one attached hydrogen (secondary N) is 2. The highest BCUT2D eigenvalue weighted by Gasteiger charge is 2.47. The smallest absolute Gasteiger partial charge is 0.325 e. The average Bonchev–Trinajstić information content (AvgIpc) is 3.23. The molecular formula is C30H33N3O5. The minimum Gasteiger partial charge on any atom is -0.491 e. The second-order valence-electron chi connectivity index (χ2n) is 9.18. The number of amides is 4. The molecule has 4 amide bonds. The Labute approximate surface area is 222 Å². The molecule has 38 heavy (non-hydrogen) atoms. The summed E-state index contributed by atoms with van der Waals surface area (Å²) in [6.07, 6.45) is 0.881. The van der Waals surface area contributed by atoms with Gasteiger partial charge in [-0.2, -0.15) is 0 Å². The van der Waals surface area contributed by atoms with Crippen molar-refractivity contribution >= 4 is 23.5 Å². The lowest BCUT2D eigenvalue weighted by Crippen LogP contribution is -2.50. The summed E-state index contributed by atoms with van der Waals surface area (Å²) >= 11 is 0. The summed E-state index contributed by atoms with van der Waals surface area (Å²) in [6, 6.07) is 21.3. The normalized spacial score (nSPS) is 16.6. The Morgan fingerprint density at radius 3 is 2.29 bits per heavy atom. The summed E-state index contributed by atoms with van der Waals surface area (Å²) in [5.41, 5.74) is 3.19. The fraction of sp³-hybridized carbons (Fsp3) is 0.300. The van der Waals surface area contributed by atoms with Crippen molar-refractivity contribution in [2.45, 2.75) is 38.3 Å². The summed E-state index contributed by atoms with van der Waals surface area (Å²) < 4.78 is 10.6. The lowest BCUT2D eigenvalue weighted by atomic mass is 9.91. The van der Waals surface area contributed by atoms with E-state index in [9.17, 15) is 14.4 Å². The van der Waals surface area contributed by atoms with Crippen molar-refractivity contribution in [3.63, 3.8) is 0 Å². The van der Waals surface area contributed by atoms with Gasteiger partial charge >= 0.3 is 6.03 Å². The molecule has 2 N–H and O–H groups in total. The highest BCUT2D eigenvalue weighted by Crippen LogP contribution is 2.31. The van der Waals surface area contributed by atoms with Gasteiger partial charge in [0.05, 0.1) is 6.61 Å². The fourth-order valence-electron chi connectivity index (χ4n) is 4.53. The highest BCUT2D eigenvalue weighted by atomic mass is 16.5. The molecule has 1 aliphatic rings. The zero-order valence-corrected chi connectivity index (χ0v) is 21.8. The average molecular weight is 516 g/mol. The van der Waals surface area contributed by atoms with Gasteiger partial charge in [0.25, 0.3) is 5.91 Å². The first-order valence-corrected chi connectivity index (χ1v) is 12.7. The van der Waals surface area contributed by atoms with Gasteiger partial charge in [0, 0.05) is 18.7 Å². The zero-order chi connectivity index (χ0) is 27.1. The molecule has 0 aliphatic carbocycles. The molecule has 198 valence electrons. The number of carbonyl (C=O) groups excluding carboxylic acids is 3. The number of methoxy groups -OCH3 is 1. The number of nitrogens with zero attached hydrogens (tertiary/aromatic N) is 1. The molecule has 0 radical (unpaired) electrons. The monoisotopic (exact) mass is 515 g/mol. The van der Waals surface area contributed by atoms with Crippen LogP contribution in [0.15, 0.2) is 78.9 Å². The van der Waals surface area contributed by atoms with E-state index in [1.807, 2.05) is 61.5 Å². The third-order valence-electron chi connectivity index (χ3n) is 6.72. The molecule has 0 saturated carbocycles. The van der Waals surface area contributed by atoms with Crippen LogP contribution in [0, 0.1) is 0 Å². The maximum Gasteiger partial charge on any atom is 0.325 e. The summed E-state index contributed by atoms with van der Waals surface area (Å²) in [6.45, 7) is 4.76. The first-order valence-electron chi connectivity index (χ1n) is 12.7. The van der Waals surface area contributed by atoms with Crippen LogP contribution in [0.4, 0.5) is 10.5 Å². The second kappa shape index (κ2) is 12.4. The lowest BCUT2D eigenvalue weighted by Gasteiger charge is -2.30. The topological polar surface area (TPSA) is 97.0 Å². The zero-order valence-electron chi connectivity index (χ0n) is 21.8. The van der Waals surface area contributed by atoms with Crippen molar-refractivity contribution in [3.05, 3.63) is 95.6 Å². The van der Waals surface area contributed by atoms with Crippen LogP contribution in [0.3, 0.4) is 0 Å². The minimum atomic E-state index is -1.06. The van der Waals surface area contributed by atoms with E-state index < -0.39 is 35.8 Å². The molecule has 1 unspecified atom stereocenters. The van der Waals surface area contributed by atoms with Crippen LogP contribution in [-0.4, -0.2) is 49.1 Å². The molecule has 1 saturated heterocycles. The van der Waals surface area contributed by atoms with Crippen LogP contribution in [0.5, 0.6) is 5.75 Å². The first-order chi connectivity index (χ1) is 18.4. The molecule has 8 nitrogen and oxygen atoms in total. The number of aryl methyl sites for hydroxylation is 1. The van der Waals surface area contributed by atoms with E-state index >= 15 is 0 Å². The van der Waals surface area contributed by atoms with Gasteiger partial charge in [-0.3, -0.25) is 9.59 Å². The maximum absolute atomic E-state index is 13.7. The van der Waals surface area contributed by atoms with Crippen molar-refractivity contribution in [2.24, 2.45) is 0 Å².